The number of allylic oxidation sites excluding steroid dienone is 1. The van der Waals surface area contributed by atoms with Gasteiger partial charge in [0.25, 0.3) is 0 Å². The predicted octanol–water partition coefficient (Wildman–Crippen LogP) is 4.93. The summed E-state index contributed by atoms with van der Waals surface area (Å²) in [5, 5.41) is 9.67. The van der Waals surface area contributed by atoms with Crippen LogP contribution in [0.2, 0.25) is 0 Å². The van der Waals surface area contributed by atoms with Crippen LogP contribution in [0.5, 0.6) is 0 Å². The Labute approximate surface area is 166 Å². The van der Waals surface area contributed by atoms with Gasteiger partial charge in [0.05, 0.1) is 22.5 Å². The maximum atomic E-state index is 4.63. The van der Waals surface area contributed by atoms with E-state index < -0.39 is 0 Å². The number of aromatic amines is 1. The summed E-state index contributed by atoms with van der Waals surface area (Å²) in [6.45, 7) is 4.57. The molecule has 0 radical (unpaired) electrons. The zero-order valence-corrected chi connectivity index (χ0v) is 16.3. The average Bonchev–Trinajstić information content (AvgIpc) is 3.29. The van der Waals surface area contributed by atoms with E-state index in [0.29, 0.717) is 6.54 Å². The normalized spacial score (nSPS) is 11.1. The van der Waals surface area contributed by atoms with Crippen molar-refractivity contribution in [1.82, 2.24) is 24.7 Å². The monoisotopic (exact) mass is 393 g/mol. The van der Waals surface area contributed by atoms with Crippen molar-refractivity contribution in [3.8, 4) is 0 Å². The average molecular weight is 394 g/mol. The van der Waals surface area contributed by atoms with Crippen molar-refractivity contribution in [2.75, 3.05) is 0 Å². The molecular formula is C20H19N5S2. The number of hydrogen-bond acceptors (Lipinski definition) is 5. The van der Waals surface area contributed by atoms with Crippen LogP contribution in [-0.2, 0) is 18.1 Å². The minimum absolute atomic E-state index is 0.695. The summed E-state index contributed by atoms with van der Waals surface area (Å²) in [5.41, 5.74) is 2.04. The van der Waals surface area contributed by atoms with Crippen LogP contribution < -0.4 is 0 Å². The van der Waals surface area contributed by atoms with Crippen LogP contribution in [-0.4, -0.2) is 24.7 Å². The number of imidazole rings is 1. The molecule has 2 aromatic heterocycles. The molecule has 0 bridgehead atoms. The summed E-state index contributed by atoms with van der Waals surface area (Å²) in [4.78, 5) is 9.21. The molecule has 0 saturated carbocycles. The maximum absolute atomic E-state index is 4.63. The molecule has 0 fully saturated rings. The van der Waals surface area contributed by atoms with E-state index in [0.717, 1.165) is 39.3 Å². The fourth-order valence-electron chi connectivity index (χ4n) is 2.72. The van der Waals surface area contributed by atoms with Gasteiger partial charge in [-0.2, -0.15) is 0 Å². The summed E-state index contributed by atoms with van der Waals surface area (Å²) < 4.78 is 2.12. The molecule has 0 spiro atoms. The maximum Gasteiger partial charge on any atom is 0.191 e. The number of thioether (sulfide) groups is 2. The molecule has 27 heavy (non-hydrogen) atoms. The number of rotatable bonds is 8. The van der Waals surface area contributed by atoms with Gasteiger partial charge in [0.15, 0.2) is 5.16 Å². The third kappa shape index (κ3) is 4.26. The molecule has 0 unspecified atom stereocenters. The number of H-pyrrole nitrogens is 1. The number of hydrogen-bond donors (Lipinski definition) is 1. The number of aromatic nitrogens is 5. The second-order valence-electron chi connectivity index (χ2n) is 5.89. The van der Waals surface area contributed by atoms with Crippen LogP contribution in [0.25, 0.3) is 11.0 Å². The summed E-state index contributed by atoms with van der Waals surface area (Å²) in [7, 11) is 0. The van der Waals surface area contributed by atoms with Gasteiger partial charge in [-0.05, 0) is 24.3 Å². The highest BCUT2D eigenvalue weighted by Crippen LogP contribution is 2.26. The first-order valence-corrected chi connectivity index (χ1v) is 10.6. The van der Waals surface area contributed by atoms with Gasteiger partial charge >= 0.3 is 0 Å². The number of para-hydroxylation sites is 2. The van der Waals surface area contributed by atoms with Crippen molar-refractivity contribution < 1.29 is 0 Å². The van der Waals surface area contributed by atoms with Crippen LogP contribution in [0.4, 0.5) is 0 Å². The van der Waals surface area contributed by atoms with Crippen LogP contribution in [0.1, 0.15) is 11.6 Å². The third-order valence-electron chi connectivity index (χ3n) is 3.99. The minimum Gasteiger partial charge on any atom is -0.341 e. The first kappa shape index (κ1) is 17.9. The van der Waals surface area contributed by atoms with Crippen molar-refractivity contribution >= 4 is 34.6 Å². The molecule has 5 nitrogen and oxygen atoms in total. The summed E-state index contributed by atoms with van der Waals surface area (Å²) in [6.07, 6.45) is 1.88. The van der Waals surface area contributed by atoms with Crippen LogP contribution in [0.3, 0.4) is 0 Å². The fraction of sp³-hybridized carbons (Fsp3) is 0.150. The van der Waals surface area contributed by atoms with Gasteiger partial charge in [0.2, 0.25) is 0 Å². The Hall–Kier alpha value is -2.51. The molecule has 4 rings (SSSR count). The molecule has 0 saturated heterocycles. The topological polar surface area (TPSA) is 59.4 Å². The second kappa shape index (κ2) is 8.45. The van der Waals surface area contributed by atoms with Crippen LogP contribution >= 0.6 is 23.5 Å². The molecule has 7 heteroatoms. The molecule has 0 atom stereocenters. The quantitative estimate of drug-likeness (QED) is 0.340. The molecule has 1 N–H and O–H groups in total. The highest BCUT2D eigenvalue weighted by atomic mass is 32.2. The second-order valence-corrected chi connectivity index (χ2v) is 7.88. The molecule has 0 aliphatic heterocycles. The lowest BCUT2D eigenvalue weighted by Crippen LogP contribution is -2.03. The summed E-state index contributed by atoms with van der Waals surface area (Å²) >= 11 is 3.40. The first-order chi connectivity index (χ1) is 13.3. The van der Waals surface area contributed by atoms with E-state index in [-0.39, 0.29) is 0 Å². The van der Waals surface area contributed by atoms with Gasteiger partial charge in [-0.25, -0.2) is 4.98 Å². The standard InChI is InChI=1S/C20H19N5S2/c1-2-12-25-19(14-26-15-8-4-3-5-9-15)23-24-20(25)27-13-18-21-16-10-6-7-11-17(16)22-18/h2-11H,1,12-14H2,(H,21,22). The van der Waals surface area contributed by atoms with Gasteiger partial charge in [0.1, 0.15) is 11.6 Å². The number of benzene rings is 2. The zero-order chi connectivity index (χ0) is 18.5. The number of fused-ring (bicyclic) bond motifs is 1. The fourth-order valence-corrected chi connectivity index (χ4v) is 4.41. The first-order valence-electron chi connectivity index (χ1n) is 8.61. The van der Waals surface area contributed by atoms with Crippen molar-refractivity contribution in [3.05, 3.63) is 78.9 Å². The Morgan fingerprint density at radius 3 is 2.59 bits per heavy atom. The smallest absolute Gasteiger partial charge is 0.191 e. The van der Waals surface area contributed by atoms with Crippen molar-refractivity contribution in [1.29, 1.82) is 0 Å². The van der Waals surface area contributed by atoms with Gasteiger partial charge in [-0.15, -0.1) is 28.5 Å². The van der Waals surface area contributed by atoms with E-state index in [2.05, 4.69) is 43.4 Å². The highest BCUT2D eigenvalue weighted by molar-refractivity contribution is 7.98. The minimum atomic E-state index is 0.695. The highest BCUT2D eigenvalue weighted by Gasteiger charge is 2.13. The molecule has 0 aliphatic rings. The van der Waals surface area contributed by atoms with E-state index in [1.807, 2.05) is 48.5 Å². The van der Waals surface area contributed by atoms with Crippen molar-refractivity contribution in [2.45, 2.75) is 28.1 Å². The van der Waals surface area contributed by atoms with E-state index in [1.54, 1.807) is 23.5 Å². The van der Waals surface area contributed by atoms with E-state index in [1.165, 1.54) is 4.90 Å². The molecule has 4 aromatic rings. The summed E-state index contributed by atoms with van der Waals surface area (Å²) in [6, 6.07) is 18.4. The third-order valence-corrected chi connectivity index (χ3v) is 5.98. The van der Waals surface area contributed by atoms with Crippen molar-refractivity contribution in [3.63, 3.8) is 0 Å². The molecule has 0 amide bonds. The lowest BCUT2D eigenvalue weighted by molar-refractivity contribution is 0.700. The zero-order valence-electron chi connectivity index (χ0n) is 14.7. The molecule has 0 aliphatic carbocycles. The Bertz CT molecular complexity index is 1010. The van der Waals surface area contributed by atoms with Gasteiger partial charge < -0.3 is 9.55 Å². The molecular weight excluding hydrogens is 374 g/mol. The van der Waals surface area contributed by atoms with Crippen LogP contribution in [0, 0.1) is 0 Å². The lowest BCUT2D eigenvalue weighted by atomic mass is 10.3. The Kier molecular flexibility index (Phi) is 5.60. The number of nitrogens with zero attached hydrogens (tertiary/aromatic N) is 4. The number of nitrogens with one attached hydrogen (secondary N) is 1. The molecule has 2 heterocycles. The Morgan fingerprint density at radius 1 is 0.963 bits per heavy atom. The lowest BCUT2D eigenvalue weighted by Gasteiger charge is -2.07. The van der Waals surface area contributed by atoms with Crippen LogP contribution in [0.15, 0.2) is 77.3 Å². The predicted molar refractivity (Wildman–Crippen MR) is 112 cm³/mol. The molecule has 2 aromatic carbocycles. The van der Waals surface area contributed by atoms with E-state index in [9.17, 15) is 0 Å². The largest absolute Gasteiger partial charge is 0.341 e. The van der Waals surface area contributed by atoms with E-state index >= 15 is 0 Å². The van der Waals surface area contributed by atoms with Gasteiger partial charge in [0, 0.05) is 11.4 Å². The Morgan fingerprint density at radius 2 is 1.78 bits per heavy atom. The molecule has 136 valence electrons. The van der Waals surface area contributed by atoms with Gasteiger partial charge in [-0.1, -0.05) is 48.2 Å². The summed E-state index contributed by atoms with van der Waals surface area (Å²) in [5.74, 6) is 3.39. The SMILES string of the molecule is C=CCn1c(CSc2ccccc2)nnc1SCc1nc2ccccc2[nH]1. The van der Waals surface area contributed by atoms with Gasteiger partial charge in [-0.3, -0.25) is 0 Å². The Balaban J connectivity index is 1.46. The van der Waals surface area contributed by atoms with Crippen molar-refractivity contribution in [2.24, 2.45) is 0 Å². The van der Waals surface area contributed by atoms with E-state index in [4.69, 9.17) is 0 Å².